The topological polar surface area (TPSA) is 12.9 Å². The fourth-order valence-corrected chi connectivity index (χ4v) is 1.94. The molecule has 0 radical (unpaired) electrons. The predicted octanol–water partition coefficient (Wildman–Crippen LogP) is 3.48. The Morgan fingerprint density at radius 3 is 3.00 bits per heavy atom. The maximum absolute atomic E-state index is 5.69. The third-order valence-electron chi connectivity index (χ3n) is 1.73. The van der Waals surface area contributed by atoms with E-state index in [1.165, 1.54) is 16.4 Å². The van der Waals surface area contributed by atoms with Crippen LogP contribution in [0.15, 0.2) is 41.6 Å². The molecule has 1 aromatic heterocycles. The summed E-state index contributed by atoms with van der Waals surface area (Å²) in [6.45, 7) is 0. The second kappa shape index (κ2) is 3.33. The molecule has 1 aromatic carbocycles. The van der Waals surface area contributed by atoms with Gasteiger partial charge in [0.1, 0.15) is 0 Å². The van der Waals surface area contributed by atoms with Crippen LogP contribution in [0.1, 0.15) is 0 Å². The molecule has 0 aliphatic carbocycles. The van der Waals surface area contributed by atoms with Crippen LogP contribution in [0.5, 0.6) is 0 Å². The van der Waals surface area contributed by atoms with Gasteiger partial charge in [0.2, 0.25) is 0 Å². The van der Waals surface area contributed by atoms with Gasteiger partial charge < -0.3 is 0 Å². The van der Waals surface area contributed by atoms with Crippen LogP contribution in [0.2, 0.25) is 0 Å². The monoisotopic (exact) mass is 195 g/mol. The minimum absolute atomic E-state index is 1.06. The van der Waals surface area contributed by atoms with Gasteiger partial charge in [0.25, 0.3) is 0 Å². The molecular weight excluding hydrogens is 190 g/mol. The molecule has 12 heavy (non-hydrogen) atoms. The van der Waals surface area contributed by atoms with Gasteiger partial charge >= 0.3 is 0 Å². The van der Waals surface area contributed by atoms with Crippen molar-refractivity contribution in [3.05, 3.63) is 36.7 Å². The van der Waals surface area contributed by atoms with Crippen LogP contribution >= 0.6 is 21.7 Å². The minimum Gasteiger partial charge on any atom is -0.264 e. The number of benzene rings is 1. The molecule has 0 spiro atoms. The third-order valence-corrected chi connectivity index (χ3v) is 2.75. The molecule has 0 bridgehead atoms. The van der Waals surface area contributed by atoms with Crippen molar-refractivity contribution in [1.29, 1.82) is 0 Å². The van der Waals surface area contributed by atoms with E-state index >= 15 is 0 Å². The summed E-state index contributed by atoms with van der Waals surface area (Å²) in [7, 11) is 6.93. The summed E-state index contributed by atoms with van der Waals surface area (Å²) in [4.78, 5) is 5.11. The van der Waals surface area contributed by atoms with Crippen molar-refractivity contribution in [3.8, 4) is 0 Å². The van der Waals surface area contributed by atoms with Crippen LogP contribution in [0.25, 0.3) is 10.8 Å². The maximum atomic E-state index is 5.69. The van der Waals surface area contributed by atoms with Gasteiger partial charge in [-0.2, -0.15) is 0 Å². The molecule has 0 amide bonds. The van der Waals surface area contributed by atoms with Crippen LogP contribution < -0.4 is 0 Å². The smallest absolute Gasteiger partial charge is 0.0358 e. The molecule has 0 fully saturated rings. The molecule has 0 saturated carbocycles. The van der Waals surface area contributed by atoms with Crippen molar-refractivity contribution in [3.63, 3.8) is 0 Å². The van der Waals surface area contributed by atoms with Crippen molar-refractivity contribution >= 4 is 32.4 Å². The average Bonchev–Trinajstić information content (AvgIpc) is 2.17. The zero-order valence-electron chi connectivity index (χ0n) is 6.20. The molecule has 0 unspecified atom stereocenters. The van der Waals surface area contributed by atoms with Gasteiger partial charge in [-0.3, -0.25) is 4.98 Å². The van der Waals surface area contributed by atoms with E-state index in [-0.39, 0.29) is 0 Å². The third kappa shape index (κ3) is 1.28. The van der Waals surface area contributed by atoms with E-state index in [9.17, 15) is 0 Å². The number of aromatic nitrogens is 1. The lowest BCUT2D eigenvalue weighted by Gasteiger charge is -1.99. The first-order valence-corrected chi connectivity index (χ1v) is 5.17. The van der Waals surface area contributed by atoms with E-state index in [2.05, 4.69) is 4.98 Å². The van der Waals surface area contributed by atoms with E-state index < -0.39 is 0 Å². The van der Waals surface area contributed by atoms with Gasteiger partial charge in [0, 0.05) is 22.7 Å². The highest BCUT2D eigenvalue weighted by molar-refractivity contribution is 8.21. The van der Waals surface area contributed by atoms with Gasteiger partial charge in [-0.05, 0) is 39.2 Å². The molecule has 2 rings (SSSR count). The van der Waals surface area contributed by atoms with Crippen molar-refractivity contribution in [2.24, 2.45) is 0 Å². The van der Waals surface area contributed by atoms with Crippen molar-refractivity contribution in [2.75, 3.05) is 0 Å². The Balaban J connectivity index is 2.79. The van der Waals surface area contributed by atoms with Gasteiger partial charge in [-0.25, -0.2) is 0 Å². The van der Waals surface area contributed by atoms with Crippen LogP contribution in [0, 0.1) is 0 Å². The van der Waals surface area contributed by atoms with Gasteiger partial charge in [0.05, 0.1) is 0 Å². The summed E-state index contributed by atoms with van der Waals surface area (Å²) in [5, 5.41) is 2.29. The van der Waals surface area contributed by atoms with Gasteiger partial charge in [0.15, 0.2) is 0 Å². The zero-order chi connectivity index (χ0) is 8.39. The van der Waals surface area contributed by atoms with E-state index in [4.69, 9.17) is 10.7 Å². The summed E-state index contributed by atoms with van der Waals surface area (Å²) in [6, 6.07) is 8.01. The molecule has 1 nitrogen and oxygen atoms in total. The number of hydrogen-bond donors (Lipinski definition) is 0. The van der Waals surface area contributed by atoms with Crippen LogP contribution in [-0.2, 0) is 0 Å². The Labute approximate surface area is 79.3 Å². The first-order valence-electron chi connectivity index (χ1n) is 3.53. The number of pyridine rings is 1. The second-order valence-electron chi connectivity index (χ2n) is 2.43. The molecule has 60 valence electrons. The molecule has 0 saturated heterocycles. The van der Waals surface area contributed by atoms with E-state index in [0.29, 0.717) is 0 Å². The number of hydrogen-bond acceptors (Lipinski definition) is 2. The fraction of sp³-hybridized carbons (Fsp3) is 0. The standard InChI is InChI=1S/C9H6ClNS/c10-12-9-3-1-2-7-4-5-11-6-8(7)9/h1-6H. The molecular formula is C9H6ClNS. The van der Waals surface area contributed by atoms with Gasteiger partial charge in [-0.15, -0.1) is 0 Å². The average molecular weight is 196 g/mol. The zero-order valence-corrected chi connectivity index (χ0v) is 7.77. The molecule has 0 atom stereocenters. The quantitative estimate of drug-likeness (QED) is 0.691. The highest BCUT2D eigenvalue weighted by atomic mass is 35.7. The van der Waals surface area contributed by atoms with Crippen molar-refractivity contribution in [1.82, 2.24) is 4.98 Å². The lowest BCUT2D eigenvalue weighted by Crippen LogP contribution is -1.76. The first-order chi connectivity index (χ1) is 5.92. The highest BCUT2D eigenvalue weighted by Crippen LogP contribution is 2.29. The van der Waals surface area contributed by atoms with Crippen LogP contribution in [0.3, 0.4) is 0 Å². The van der Waals surface area contributed by atoms with Gasteiger partial charge in [-0.1, -0.05) is 12.1 Å². The Kier molecular flexibility index (Phi) is 2.19. The number of fused-ring (bicyclic) bond motifs is 1. The van der Waals surface area contributed by atoms with E-state index in [1.807, 2.05) is 30.5 Å². The predicted molar refractivity (Wildman–Crippen MR) is 53.5 cm³/mol. The van der Waals surface area contributed by atoms with E-state index in [0.717, 1.165) is 10.3 Å². The van der Waals surface area contributed by atoms with Crippen LogP contribution in [-0.4, -0.2) is 4.98 Å². The summed E-state index contributed by atoms with van der Waals surface area (Å²) >= 11 is 0. The number of rotatable bonds is 1. The summed E-state index contributed by atoms with van der Waals surface area (Å²) < 4.78 is 0. The Hall–Kier alpha value is -0.730. The molecule has 1 heterocycles. The van der Waals surface area contributed by atoms with E-state index in [1.54, 1.807) is 6.20 Å². The summed E-state index contributed by atoms with van der Waals surface area (Å²) in [5.41, 5.74) is 0. The fourth-order valence-electron chi connectivity index (χ4n) is 1.15. The van der Waals surface area contributed by atoms with Crippen molar-refractivity contribution in [2.45, 2.75) is 4.90 Å². The first kappa shape index (κ1) is 7.90. The Morgan fingerprint density at radius 1 is 1.25 bits per heavy atom. The Bertz CT molecular complexity index is 397. The maximum Gasteiger partial charge on any atom is 0.0358 e. The number of nitrogens with zero attached hydrogens (tertiary/aromatic N) is 1. The minimum atomic E-state index is 1.06. The van der Waals surface area contributed by atoms with Crippen molar-refractivity contribution < 1.29 is 0 Å². The normalized spacial score (nSPS) is 10.4. The molecule has 3 heteroatoms. The molecule has 2 aromatic rings. The SMILES string of the molecule is ClSc1cccc2ccncc12. The molecule has 0 aliphatic rings. The summed E-state index contributed by atoms with van der Waals surface area (Å²) in [6.07, 6.45) is 3.62. The Morgan fingerprint density at radius 2 is 2.17 bits per heavy atom. The molecule has 0 N–H and O–H groups in total. The highest BCUT2D eigenvalue weighted by Gasteiger charge is 1.98. The second-order valence-corrected chi connectivity index (χ2v) is 3.49. The lowest BCUT2D eigenvalue weighted by molar-refractivity contribution is 1.35. The lowest BCUT2D eigenvalue weighted by atomic mass is 10.2. The van der Waals surface area contributed by atoms with Crippen LogP contribution in [0.4, 0.5) is 0 Å². The number of halogens is 1. The molecule has 0 aliphatic heterocycles. The largest absolute Gasteiger partial charge is 0.264 e. The summed E-state index contributed by atoms with van der Waals surface area (Å²) in [5.74, 6) is 0.